The molecule has 0 saturated carbocycles. The Labute approximate surface area is 152 Å². The molecule has 2 heteroatoms. The van der Waals surface area contributed by atoms with Gasteiger partial charge in [0.1, 0.15) is 13.6 Å². The lowest BCUT2D eigenvalue weighted by Gasteiger charge is -2.17. The number of rotatable bonds is 12. The van der Waals surface area contributed by atoms with E-state index in [1.807, 2.05) is 6.92 Å². The van der Waals surface area contributed by atoms with Crippen LogP contribution in [0.2, 0.25) is 5.82 Å². The molecule has 136 valence electrons. The summed E-state index contributed by atoms with van der Waals surface area (Å²) in [7, 11) is 2.38. The first-order valence-corrected chi connectivity index (χ1v) is 9.79. The molecule has 0 aromatic carbocycles. The molecule has 0 unspecified atom stereocenters. The summed E-state index contributed by atoms with van der Waals surface area (Å²) < 4.78 is 0. The van der Waals surface area contributed by atoms with Gasteiger partial charge in [-0.15, -0.1) is 0 Å². The topological polar surface area (TPSA) is 17.1 Å². The largest absolute Gasteiger partial charge is 0.300 e. The summed E-state index contributed by atoms with van der Waals surface area (Å²) in [6.45, 7) is 12.7. The van der Waals surface area contributed by atoms with Crippen molar-refractivity contribution in [3.8, 4) is 0 Å². The van der Waals surface area contributed by atoms with E-state index in [1.165, 1.54) is 31.3 Å². The van der Waals surface area contributed by atoms with E-state index >= 15 is 0 Å². The lowest BCUT2D eigenvalue weighted by molar-refractivity contribution is -0.120. The summed E-state index contributed by atoms with van der Waals surface area (Å²) in [5, 5.41) is 0. The highest BCUT2D eigenvalue weighted by molar-refractivity contribution is 6.11. The van der Waals surface area contributed by atoms with Crippen LogP contribution in [0.1, 0.15) is 73.6 Å². The van der Waals surface area contributed by atoms with Gasteiger partial charge in [-0.05, 0) is 32.1 Å². The third-order valence-electron chi connectivity index (χ3n) is 5.02. The van der Waals surface area contributed by atoms with Crippen molar-refractivity contribution < 1.29 is 4.79 Å². The molecule has 0 fully saturated rings. The van der Waals surface area contributed by atoms with Crippen molar-refractivity contribution in [3.05, 3.63) is 36.0 Å². The molecule has 0 spiro atoms. The van der Waals surface area contributed by atoms with E-state index < -0.39 is 0 Å². The number of allylic oxidation sites excluding steroid dienone is 6. The maximum absolute atomic E-state index is 11.3. The van der Waals surface area contributed by atoms with Crippen molar-refractivity contribution in [1.29, 1.82) is 0 Å². The van der Waals surface area contributed by atoms with Crippen molar-refractivity contribution >= 4 is 13.6 Å². The quantitative estimate of drug-likeness (QED) is 0.320. The second-order valence-electron chi connectivity index (χ2n) is 7.79. The van der Waals surface area contributed by atoms with E-state index in [2.05, 4.69) is 65.9 Å². The zero-order valence-corrected chi connectivity index (χ0v) is 17.1. The summed E-state index contributed by atoms with van der Waals surface area (Å²) in [5.74, 6) is 2.35. The van der Waals surface area contributed by atoms with E-state index in [9.17, 15) is 4.79 Å². The highest BCUT2D eigenvalue weighted by Crippen LogP contribution is 2.25. The first-order chi connectivity index (χ1) is 11.3. The molecule has 0 aromatic rings. The van der Waals surface area contributed by atoms with Gasteiger partial charge in [0.15, 0.2) is 0 Å². The second-order valence-corrected chi connectivity index (χ2v) is 7.79. The summed E-state index contributed by atoms with van der Waals surface area (Å²) in [4.78, 5) is 11.3. The van der Waals surface area contributed by atoms with Crippen LogP contribution in [-0.4, -0.2) is 13.6 Å². The van der Waals surface area contributed by atoms with Gasteiger partial charge in [-0.25, -0.2) is 0 Å². The summed E-state index contributed by atoms with van der Waals surface area (Å²) in [6, 6.07) is 0. The molecule has 0 aromatic heterocycles. The SMILES string of the molecule is B[C@@H](CCCC)C[C@H](C)/C(C)=C/C=C/C=C/[C@@H](C)C[C@@H](C)C(C)=O. The van der Waals surface area contributed by atoms with Crippen LogP contribution in [0, 0.1) is 17.8 Å². The Bertz CT molecular complexity index is 433. The van der Waals surface area contributed by atoms with Gasteiger partial charge in [0.05, 0.1) is 0 Å². The van der Waals surface area contributed by atoms with Crippen LogP contribution in [0.4, 0.5) is 0 Å². The zero-order valence-electron chi connectivity index (χ0n) is 17.1. The fraction of sp³-hybridized carbons (Fsp3) is 0.682. The maximum atomic E-state index is 11.3. The Balaban J connectivity index is 4.27. The van der Waals surface area contributed by atoms with Crippen molar-refractivity contribution in [2.24, 2.45) is 17.8 Å². The minimum absolute atomic E-state index is 0.159. The second kappa shape index (κ2) is 13.3. The fourth-order valence-corrected chi connectivity index (χ4v) is 2.95. The maximum Gasteiger partial charge on any atom is 0.132 e. The zero-order chi connectivity index (χ0) is 18.5. The van der Waals surface area contributed by atoms with Crippen LogP contribution in [0.3, 0.4) is 0 Å². The predicted octanol–water partition coefficient (Wildman–Crippen LogP) is 5.93. The van der Waals surface area contributed by atoms with Crippen LogP contribution >= 0.6 is 0 Å². The van der Waals surface area contributed by atoms with Gasteiger partial charge >= 0.3 is 0 Å². The average molecular weight is 330 g/mol. The molecule has 4 atom stereocenters. The molecular weight excluding hydrogens is 291 g/mol. The van der Waals surface area contributed by atoms with Crippen LogP contribution in [0.5, 0.6) is 0 Å². The van der Waals surface area contributed by atoms with Gasteiger partial charge in [0.2, 0.25) is 0 Å². The first-order valence-electron chi connectivity index (χ1n) is 9.79. The normalized spacial score (nSPS) is 18.0. The number of ketones is 1. The van der Waals surface area contributed by atoms with E-state index in [0.29, 0.717) is 11.8 Å². The standard InChI is InChI=1S/C22H39BO/c1-7-8-14-22(23)16-19(4)18(3)13-11-9-10-12-17(2)15-20(5)21(6)24/h9-13,17,19-20,22H,7-8,14-16,23H2,1-6H3/b11-9+,12-10+,18-13+/t17-,19+,20-,22+/m1/s1. The summed E-state index contributed by atoms with van der Waals surface area (Å²) in [6.07, 6.45) is 17.0. The van der Waals surface area contributed by atoms with Crippen LogP contribution in [0.15, 0.2) is 36.0 Å². The molecule has 0 rings (SSSR count). The van der Waals surface area contributed by atoms with Gasteiger partial charge < -0.3 is 0 Å². The van der Waals surface area contributed by atoms with Crippen LogP contribution < -0.4 is 0 Å². The Hall–Kier alpha value is -1.05. The molecule has 24 heavy (non-hydrogen) atoms. The van der Waals surface area contributed by atoms with Crippen molar-refractivity contribution in [2.75, 3.05) is 0 Å². The fourth-order valence-electron chi connectivity index (χ4n) is 2.95. The predicted molar refractivity (Wildman–Crippen MR) is 111 cm³/mol. The molecule has 0 aliphatic heterocycles. The number of unbranched alkanes of at least 4 members (excludes halogenated alkanes) is 1. The van der Waals surface area contributed by atoms with E-state index in [1.54, 1.807) is 6.92 Å². The third kappa shape index (κ3) is 11.5. The minimum atomic E-state index is 0.159. The Morgan fingerprint density at radius 1 is 1.00 bits per heavy atom. The van der Waals surface area contributed by atoms with E-state index in [0.717, 1.165) is 12.2 Å². The van der Waals surface area contributed by atoms with Crippen molar-refractivity contribution in [3.63, 3.8) is 0 Å². The molecule has 0 saturated heterocycles. The molecule has 0 heterocycles. The molecule has 0 N–H and O–H groups in total. The average Bonchev–Trinajstić information content (AvgIpc) is 2.51. The molecule has 0 radical (unpaired) electrons. The van der Waals surface area contributed by atoms with Gasteiger partial charge in [-0.2, -0.15) is 0 Å². The Kier molecular flexibility index (Phi) is 12.7. The van der Waals surface area contributed by atoms with Crippen LogP contribution in [0.25, 0.3) is 0 Å². The molecule has 0 aliphatic rings. The highest BCUT2D eigenvalue weighted by Gasteiger charge is 2.10. The van der Waals surface area contributed by atoms with E-state index in [4.69, 9.17) is 0 Å². The van der Waals surface area contributed by atoms with Gasteiger partial charge in [0.25, 0.3) is 0 Å². The Morgan fingerprint density at radius 2 is 1.67 bits per heavy atom. The lowest BCUT2D eigenvalue weighted by atomic mass is 9.75. The number of Topliss-reactive ketones (excluding diaryl/α,β-unsaturated/α-hetero) is 1. The number of hydrogen-bond acceptors (Lipinski definition) is 1. The molecule has 0 aliphatic carbocycles. The van der Waals surface area contributed by atoms with Crippen molar-refractivity contribution in [2.45, 2.75) is 79.5 Å². The Morgan fingerprint density at radius 3 is 2.25 bits per heavy atom. The highest BCUT2D eigenvalue weighted by atomic mass is 16.1. The van der Waals surface area contributed by atoms with Crippen LogP contribution in [-0.2, 0) is 4.79 Å². The first kappa shape index (κ1) is 23.0. The molecule has 1 nitrogen and oxygen atoms in total. The smallest absolute Gasteiger partial charge is 0.132 e. The van der Waals surface area contributed by atoms with Gasteiger partial charge in [-0.3, -0.25) is 4.79 Å². The number of carbonyl (C=O) groups is 1. The van der Waals surface area contributed by atoms with Gasteiger partial charge in [-0.1, -0.05) is 95.1 Å². The summed E-state index contributed by atoms with van der Waals surface area (Å²) >= 11 is 0. The molecular formula is C22H39BO. The number of carbonyl (C=O) groups excluding carboxylic acids is 1. The van der Waals surface area contributed by atoms with E-state index in [-0.39, 0.29) is 11.7 Å². The monoisotopic (exact) mass is 330 g/mol. The van der Waals surface area contributed by atoms with Gasteiger partial charge in [0, 0.05) is 5.92 Å². The van der Waals surface area contributed by atoms with Crippen molar-refractivity contribution in [1.82, 2.24) is 0 Å². The third-order valence-corrected chi connectivity index (χ3v) is 5.02. The molecule has 0 amide bonds. The minimum Gasteiger partial charge on any atom is -0.300 e. The number of hydrogen-bond donors (Lipinski definition) is 0. The lowest BCUT2D eigenvalue weighted by Crippen LogP contribution is -2.09. The molecule has 0 bridgehead atoms. The summed E-state index contributed by atoms with van der Waals surface area (Å²) in [5.41, 5.74) is 1.46.